The van der Waals surface area contributed by atoms with Gasteiger partial charge in [-0.2, -0.15) is 5.26 Å². The summed E-state index contributed by atoms with van der Waals surface area (Å²) in [7, 11) is 0. The molecular formula is C20H23N5. The summed E-state index contributed by atoms with van der Waals surface area (Å²) in [5.41, 5.74) is 1.78. The monoisotopic (exact) mass is 333 g/mol. The van der Waals surface area contributed by atoms with Crippen LogP contribution >= 0.6 is 0 Å². The first-order valence-corrected chi connectivity index (χ1v) is 9.12. The second kappa shape index (κ2) is 7.20. The van der Waals surface area contributed by atoms with Crippen LogP contribution < -0.4 is 4.90 Å². The standard InChI is InChI=1S/C20H23N5/c21-12-17-13-22-14-20(23-17)25-11-10-24(15-16-6-2-1-3-7-16)18-8-4-5-9-19(18)25/h1-3,6-7,13-14,18-19H,4-5,8-11,15H2/t18-,19-/m0/s1. The lowest BCUT2D eigenvalue weighted by Crippen LogP contribution is -2.60. The van der Waals surface area contributed by atoms with Crippen molar-refractivity contribution in [2.24, 2.45) is 0 Å². The van der Waals surface area contributed by atoms with Gasteiger partial charge in [-0.3, -0.25) is 9.88 Å². The molecule has 0 unspecified atom stereocenters. The Bertz CT molecular complexity index is 754. The fourth-order valence-corrected chi connectivity index (χ4v) is 4.30. The lowest BCUT2D eigenvalue weighted by molar-refractivity contribution is 0.0998. The van der Waals surface area contributed by atoms with Crippen LogP contribution in [-0.2, 0) is 6.54 Å². The molecule has 0 N–H and O–H groups in total. The molecule has 1 aliphatic heterocycles. The third-order valence-electron chi connectivity index (χ3n) is 5.45. The van der Waals surface area contributed by atoms with E-state index in [-0.39, 0.29) is 0 Å². The van der Waals surface area contributed by atoms with Crippen molar-refractivity contribution >= 4 is 5.82 Å². The lowest BCUT2D eigenvalue weighted by atomic mass is 9.86. The number of benzene rings is 1. The van der Waals surface area contributed by atoms with Gasteiger partial charge in [-0.05, 0) is 18.4 Å². The van der Waals surface area contributed by atoms with Crippen molar-refractivity contribution in [2.75, 3.05) is 18.0 Å². The molecule has 2 fully saturated rings. The number of hydrogen-bond acceptors (Lipinski definition) is 5. The molecule has 1 aromatic carbocycles. The molecule has 128 valence electrons. The molecule has 0 amide bonds. The van der Waals surface area contributed by atoms with Crippen LogP contribution in [0.2, 0.25) is 0 Å². The Balaban J connectivity index is 1.56. The zero-order valence-electron chi connectivity index (χ0n) is 14.4. The van der Waals surface area contributed by atoms with E-state index in [1.807, 2.05) is 0 Å². The molecular weight excluding hydrogens is 310 g/mol. The van der Waals surface area contributed by atoms with E-state index in [4.69, 9.17) is 5.26 Å². The van der Waals surface area contributed by atoms with Gasteiger partial charge in [-0.25, -0.2) is 4.98 Å². The van der Waals surface area contributed by atoms with Gasteiger partial charge in [0.1, 0.15) is 11.9 Å². The molecule has 5 nitrogen and oxygen atoms in total. The van der Waals surface area contributed by atoms with E-state index >= 15 is 0 Å². The van der Waals surface area contributed by atoms with E-state index in [9.17, 15) is 0 Å². The molecule has 5 heteroatoms. The Morgan fingerprint density at radius 2 is 1.84 bits per heavy atom. The molecule has 1 aromatic heterocycles. The van der Waals surface area contributed by atoms with Crippen LogP contribution in [0.1, 0.15) is 36.9 Å². The number of nitrogens with zero attached hydrogens (tertiary/aromatic N) is 5. The van der Waals surface area contributed by atoms with Crippen molar-refractivity contribution in [3.8, 4) is 6.07 Å². The highest BCUT2D eigenvalue weighted by atomic mass is 15.3. The van der Waals surface area contributed by atoms with E-state index < -0.39 is 0 Å². The highest BCUT2D eigenvalue weighted by Crippen LogP contribution is 2.33. The Kier molecular flexibility index (Phi) is 4.62. The molecule has 0 bridgehead atoms. The second-order valence-corrected chi connectivity index (χ2v) is 6.94. The molecule has 25 heavy (non-hydrogen) atoms. The van der Waals surface area contributed by atoms with Crippen molar-refractivity contribution in [1.82, 2.24) is 14.9 Å². The molecule has 2 atom stereocenters. The van der Waals surface area contributed by atoms with Gasteiger partial charge >= 0.3 is 0 Å². The normalized spacial score (nSPS) is 23.7. The van der Waals surface area contributed by atoms with E-state index in [0.29, 0.717) is 17.8 Å². The minimum atomic E-state index is 0.400. The van der Waals surface area contributed by atoms with Crippen molar-refractivity contribution in [1.29, 1.82) is 5.26 Å². The number of aromatic nitrogens is 2. The van der Waals surface area contributed by atoms with Crippen molar-refractivity contribution in [2.45, 2.75) is 44.3 Å². The number of anilines is 1. The van der Waals surface area contributed by atoms with Crippen molar-refractivity contribution in [3.63, 3.8) is 0 Å². The van der Waals surface area contributed by atoms with Crippen LogP contribution in [-0.4, -0.2) is 40.0 Å². The van der Waals surface area contributed by atoms with Gasteiger partial charge in [-0.1, -0.05) is 43.2 Å². The molecule has 1 saturated heterocycles. The van der Waals surface area contributed by atoms with Gasteiger partial charge in [0, 0.05) is 31.7 Å². The third kappa shape index (κ3) is 3.35. The number of nitriles is 1. The van der Waals surface area contributed by atoms with Crippen LogP contribution in [0.3, 0.4) is 0 Å². The quantitative estimate of drug-likeness (QED) is 0.864. The van der Waals surface area contributed by atoms with Gasteiger partial charge in [-0.15, -0.1) is 0 Å². The van der Waals surface area contributed by atoms with Crippen LogP contribution in [0.15, 0.2) is 42.7 Å². The predicted octanol–water partition coefficient (Wildman–Crippen LogP) is 2.98. The van der Waals surface area contributed by atoms with E-state index in [1.165, 1.54) is 37.4 Å². The summed E-state index contributed by atoms with van der Waals surface area (Å²) in [5, 5.41) is 9.12. The number of fused-ring (bicyclic) bond motifs is 1. The van der Waals surface area contributed by atoms with Gasteiger partial charge < -0.3 is 4.90 Å². The lowest BCUT2D eigenvalue weighted by Gasteiger charge is -2.50. The Morgan fingerprint density at radius 1 is 1.04 bits per heavy atom. The van der Waals surface area contributed by atoms with E-state index in [1.54, 1.807) is 6.20 Å². The second-order valence-electron chi connectivity index (χ2n) is 6.94. The molecule has 0 spiro atoms. The van der Waals surface area contributed by atoms with Crippen LogP contribution in [0, 0.1) is 11.3 Å². The van der Waals surface area contributed by atoms with Crippen LogP contribution in [0.4, 0.5) is 5.82 Å². The number of hydrogen-bond donors (Lipinski definition) is 0. The van der Waals surface area contributed by atoms with Crippen LogP contribution in [0.5, 0.6) is 0 Å². The van der Waals surface area contributed by atoms with Gasteiger partial charge in [0.15, 0.2) is 5.69 Å². The SMILES string of the molecule is N#Cc1cncc(N2CCN(Cc3ccccc3)[C@H]3CCCC[C@@H]32)n1. The van der Waals surface area contributed by atoms with Crippen molar-refractivity contribution < 1.29 is 0 Å². The Morgan fingerprint density at radius 3 is 2.64 bits per heavy atom. The minimum absolute atomic E-state index is 0.400. The number of rotatable bonds is 3. The van der Waals surface area contributed by atoms with E-state index in [2.05, 4.69) is 56.2 Å². The molecule has 2 heterocycles. The topological polar surface area (TPSA) is 56.1 Å². The zero-order valence-corrected chi connectivity index (χ0v) is 14.4. The number of piperazine rings is 1. The first kappa shape index (κ1) is 16.0. The fraction of sp³-hybridized carbons (Fsp3) is 0.450. The average Bonchev–Trinajstić information content (AvgIpc) is 2.69. The summed E-state index contributed by atoms with van der Waals surface area (Å²) in [5.74, 6) is 0.857. The zero-order chi connectivity index (χ0) is 17.1. The smallest absolute Gasteiger partial charge is 0.161 e. The summed E-state index contributed by atoms with van der Waals surface area (Å²) < 4.78 is 0. The Hall–Kier alpha value is -2.45. The van der Waals surface area contributed by atoms with Gasteiger partial charge in [0.2, 0.25) is 0 Å². The minimum Gasteiger partial charge on any atom is -0.349 e. The summed E-state index contributed by atoms with van der Waals surface area (Å²) in [6.07, 6.45) is 8.33. The largest absolute Gasteiger partial charge is 0.349 e. The Labute approximate surface area is 148 Å². The maximum atomic E-state index is 9.12. The first-order chi connectivity index (χ1) is 12.3. The van der Waals surface area contributed by atoms with E-state index in [0.717, 1.165) is 25.5 Å². The fourth-order valence-electron chi connectivity index (χ4n) is 4.30. The van der Waals surface area contributed by atoms with Crippen molar-refractivity contribution in [3.05, 3.63) is 54.0 Å². The van der Waals surface area contributed by atoms with Gasteiger partial charge in [0.05, 0.1) is 12.4 Å². The predicted molar refractivity (Wildman–Crippen MR) is 97.0 cm³/mol. The maximum Gasteiger partial charge on any atom is 0.161 e. The molecule has 2 aromatic rings. The van der Waals surface area contributed by atoms with Gasteiger partial charge in [0.25, 0.3) is 0 Å². The molecule has 2 aliphatic rings. The molecule has 4 rings (SSSR count). The average molecular weight is 333 g/mol. The maximum absolute atomic E-state index is 9.12. The summed E-state index contributed by atoms with van der Waals surface area (Å²) in [6.45, 7) is 2.98. The molecule has 1 aliphatic carbocycles. The highest BCUT2D eigenvalue weighted by molar-refractivity contribution is 5.41. The highest BCUT2D eigenvalue weighted by Gasteiger charge is 2.38. The first-order valence-electron chi connectivity index (χ1n) is 9.12. The summed E-state index contributed by atoms with van der Waals surface area (Å²) >= 11 is 0. The molecule has 1 saturated carbocycles. The summed E-state index contributed by atoms with van der Waals surface area (Å²) in [4.78, 5) is 13.7. The van der Waals surface area contributed by atoms with Crippen LogP contribution in [0.25, 0.3) is 0 Å². The summed E-state index contributed by atoms with van der Waals surface area (Å²) in [6, 6.07) is 13.9. The molecule has 0 radical (unpaired) electrons. The third-order valence-corrected chi connectivity index (χ3v) is 5.45.